The fourth-order valence-electron chi connectivity index (χ4n) is 13.8. The third kappa shape index (κ3) is 7.58. The summed E-state index contributed by atoms with van der Waals surface area (Å²) in [7, 11) is 0. The molecule has 0 saturated heterocycles. The van der Waals surface area contributed by atoms with Crippen molar-refractivity contribution in [1.82, 2.24) is 0 Å². The van der Waals surface area contributed by atoms with Gasteiger partial charge in [-0.2, -0.15) is 0 Å². The zero-order chi connectivity index (χ0) is 54.2. The first-order chi connectivity index (χ1) is 39.9. The normalized spacial score (nSPS) is 13.4. The van der Waals surface area contributed by atoms with Crippen LogP contribution in [0.3, 0.4) is 0 Å². The molecule has 0 unspecified atom stereocenters. The first-order valence-electron chi connectivity index (χ1n) is 28.4. The topological polar surface area (TPSA) is 9.72 Å². The quantitative estimate of drug-likeness (QED) is 0.133. The molecule has 4 heteroatoms. The average Bonchev–Trinajstić information content (AvgIpc) is 4.09. The van der Waals surface area contributed by atoms with Gasteiger partial charge in [0, 0.05) is 50.9 Å². The van der Waals surface area contributed by atoms with Crippen LogP contribution in [-0.4, -0.2) is 6.71 Å². The van der Waals surface area contributed by atoms with Crippen LogP contribution in [0, 0.1) is 0 Å². The molecule has 0 N–H and O–H groups in total. The Morgan fingerprint density at radius 2 is 0.778 bits per heavy atom. The van der Waals surface area contributed by atoms with E-state index in [1.165, 1.54) is 94.6 Å². The SMILES string of the molecule is CC(C)(C)c1cc2c3c(c1)N(c1ccccc1-c1ccccc1)c1ccc4c(c1B3c1ccc(N(c3ccccc3)c3ccccc3)cc1N2c1ccccc1-c1ccccc1)-c1ccccc1C4(c1ccccc1)c1ccccc1. The molecule has 3 nitrogen and oxygen atoms in total. The lowest BCUT2D eigenvalue weighted by molar-refractivity contribution is 0.590. The zero-order valence-corrected chi connectivity index (χ0v) is 45.7. The fraction of sp³-hybridized carbons (Fsp3) is 0.0649. The van der Waals surface area contributed by atoms with Gasteiger partial charge in [0.05, 0.1) is 16.8 Å². The molecular weight excluding hydrogens is 978 g/mol. The molecule has 12 aromatic rings. The van der Waals surface area contributed by atoms with Crippen molar-refractivity contribution in [2.45, 2.75) is 31.6 Å². The van der Waals surface area contributed by atoms with Crippen LogP contribution >= 0.6 is 0 Å². The monoisotopic (exact) mass is 1040 g/mol. The third-order valence-corrected chi connectivity index (χ3v) is 17.3. The predicted molar refractivity (Wildman–Crippen MR) is 342 cm³/mol. The molecule has 0 bridgehead atoms. The molecule has 0 saturated carbocycles. The molecule has 0 fully saturated rings. The number of anilines is 9. The van der Waals surface area contributed by atoms with Crippen molar-refractivity contribution < 1.29 is 0 Å². The number of hydrogen-bond donors (Lipinski definition) is 0. The maximum Gasteiger partial charge on any atom is 0.252 e. The Bertz CT molecular complexity index is 4250. The van der Waals surface area contributed by atoms with Gasteiger partial charge in [-0.3, -0.25) is 0 Å². The van der Waals surface area contributed by atoms with E-state index >= 15 is 0 Å². The predicted octanol–water partition coefficient (Wildman–Crippen LogP) is 18.2. The molecule has 0 spiro atoms. The highest BCUT2D eigenvalue weighted by atomic mass is 15.2. The van der Waals surface area contributed by atoms with E-state index in [0.717, 1.165) is 34.1 Å². The second kappa shape index (κ2) is 19.2. The number of benzene rings is 12. The zero-order valence-electron chi connectivity index (χ0n) is 45.7. The van der Waals surface area contributed by atoms with E-state index in [1.54, 1.807) is 0 Å². The minimum absolute atomic E-state index is 0.199. The van der Waals surface area contributed by atoms with E-state index in [0.29, 0.717) is 0 Å². The van der Waals surface area contributed by atoms with Crippen LogP contribution in [0.2, 0.25) is 0 Å². The summed E-state index contributed by atoms with van der Waals surface area (Å²) in [5, 5.41) is 0. The second-order valence-electron chi connectivity index (χ2n) is 22.7. The Hall–Kier alpha value is -9.90. The van der Waals surface area contributed by atoms with Crippen molar-refractivity contribution in [2.75, 3.05) is 14.7 Å². The van der Waals surface area contributed by atoms with Crippen LogP contribution in [0.15, 0.2) is 297 Å². The second-order valence-corrected chi connectivity index (χ2v) is 22.7. The van der Waals surface area contributed by atoms with Crippen LogP contribution in [0.4, 0.5) is 51.2 Å². The maximum absolute atomic E-state index is 2.64. The highest BCUT2D eigenvalue weighted by Crippen LogP contribution is 2.59. The molecule has 384 valence electrons. The molecule has 0 aromatic heterocycles. The van der Waals surface area contributed by atoms with Crippen LogP contribution < -0.4 is 31.1 Å². The van der Waals surface area contributed by atoms with Gasteiger partial charge in [0.1, 0.15) is 0 Å². The van der Waals surface area contributed by atoms with Gasteiger partial charge in [-0.05, 0) is 139 Å². The number of nitrogens with zero attached hydrogens (tertiary/aromatic N) is 3. The Kier molecular flexibility index (Phi) is 11.4. The minimum atomic E-state index is -0.608. The lowest BCUT2D eigenvalue weighted by Gasteiger charge is -2.46. The summed E-state index contributed by atoms with van der Waals surface area (Å²) in [5.74, 6) is 0. The van der Waals surface area contributed by atoms with Gasteiger partial charge >= 0.3 is 0 Å². The Morgan fingerprint density at radius 3 is 1.30 bits per heavy atom. The summed E-state index contributed by atoms with van der Waals surface area (Å²) in [5.41, 5.74) is 26.8. The Balaban J connectivity index is 1.12. The molecule has 12 aromatic carbocycles. The molecule has 1 aliphatic carbocycles. The van der Waals surface area contributed by atoms with Gasteiger partial charge in [-0.15, -0.1) is 0 Å². The van der Waals surface area contributed by atoms with Gasteiger partial charge in [-0.1, -0.05) is 251 Å². The van der Waals surface area contributed by atoms with Gasteiger partial charge in [-0.25, -0.2) is 0 Å². The van der Waals surface area contributed by atoms with Crippen molar-refractivity contribution >= 4 is 74.3 Å². The van der Waals surface area contributed by atoms with E-state index in [4.69, 9.17) is 0 Å². The van der Waals surface area contributed by atoms with E-state index in [2.05, 4.69) is 333 Å². The van der Waals surface area contributed by atoms with Gasteiger partial charge in [0.25, 0.3) is 6.71 Å². The minimum Gasteiger partial charge on any atom is -0.311 e. The smallest absolute Gasteiger partial charge is 0.252 e. The summed E-state index contributed by atoms with van der Waals surface area (Å²) in [6.45, 7) is 6.89. The van der Waals surface area contributed by atoms with Gasteiger partial charge in [0.2, 0.25) is 0 Å². The number of hydrogen-bond acceptors (Lipinski definition) is 3. The summed E-state index contributed by atoms with van der Waals surface area (Å²) in [6, 6.07) is 111. The molecule has 15 rings (SSSR count). The summed E-state index contributed by atoms with van der Waals surface area (Å²) in [4.78, 5) is 7.68. The van der Waals surface area contributed by atoms with Crippen molar-refractivity contribution in [1.29, 1.82) is 0 Å². The lowest BCUT2D eigenvalue weighted by Crippen LogP contribution is -2.62. The van der Waals surface area contributed by atoms with E-state index in [9.17, 15) is 0 Å². The van der Waals surface area contributed by atoms with E-state index in [1.807, 2.05) is 0 Å². The first-order valence-corrected chi connectivity index (χ1v) is 28.4. The van der Waals surface area contributed by atoms with Crippen molar-refractivity contribution in [3.05, 3.63) is 325 Å². The van der Waals surface area contributed by atoms with Crippen molar-refractivity contribution in [3.8, 4) is 33.4 Å². The van der Waals surface area contributed by atoms with Crippen LogP contribution in [0.25, 0.3) is 33.4 Å². The first kappa shape index (κ1) is 48.2. The lowest BCUT2D eigenvalue weighted by atomic mass is 9.32. The Labute approximate surface area is 476 Å². The van der Waals surface area contributed by atoms with E-state index < -0.39 is 5.41 Å². The largest absolute Gasteiger partial charge is 0.311 e. The van der Waals surface area contributed by atoms with Gasteiger partial charge < -0.3 is 14.7 Å². The van der Waals surface area contributed by atoms with Crippen LogP contribution in [0.5, 0.6) is 0 Å². The standard InChI is InChI=1S/C77H58BN3/c1-76(2,3)57-50-71-74-72(51-57)81(68-45-27-24-41-62(68)54-30-12-5-13-31-54)70-52-60(79(58-36-18-8-19-37-58)59-38-20-9-21-39-59)46-48-66(70)78(74)75-69(80(71)67-44-26-23-40-61(67)53-28-10-4-11-29-53)49-47-65-73(75)63-42-22-25-43-64(63)77(65,55-32-14-6-15-33-55)56-34-16-7-17-35-56/h4-52H,1-3H3. The molecule has 3 aliphatic rings. The summed E-state index contributed by atoms with van der Waals surface area (Å²) >= 11 is 0. The molecule has 0 radical (unpaired) electrons. The molecule has 2 aliphatic heterocycles. The molecule has 0 amide bonds. The molecule has 0 atom stereocenters. The summed E-state index contributed by atoms with van der Waals surface area (Å²) < 4.78 is 0. The highest BCUT2D eigenvalue weighted by molar-refractivity contribution is 7.01. The number of para-hydroxylation sites is 4. The van der Waals surface area contributed by atoms with Crippen molar-refractivity contribution in [2.24, 2.45) is 0 Å². The number of fused-ring (bicyclic) bond motifs is 8. The van der Waals surface area contributed by atoms with Gasteiger partial charge in [0.15, 0.2) is 0 Å². The summed E-state index contributed by atoms with van der Waals surface area (Å²) in [6.07, 6.45) is 0. The van der Waals surface area contributed by atoms with Crippen molar-refractivity contribution in [3.63, 3.8) is 0 Å². The molecule has 81 heavy (non-hydrogen) atoms. The van der Waals surface area contributed by atoms with Crippen LogP contribution in [0.1, 0.15) is 48.6 Å². The average molecular weight is 1040 g/mol. The fourth-order valence-corrected chi connectivity index (χ4v) is 13.8. The Morgan fingerprint density at radius 1 is 0.333 bits per heavy atom. The molecular formula is C77H58BN3. The molecule has 2 heterocycles. The maximum atomic E-state index is 2.64. The van der Waals surface area contributed by atoms with E-state index in [-0.39, 0.29) is 12.1 Å². The third-order valence-electron chi connectivity index (χ3n) is 17.3. The number of rotatable bonds is 9. The van der Waals surface area contributed by atoms with Crippen LogP contribution in [-0.2, 0) is 10.8 Å². The highest BCUT2D eigenvalue weighted by Gasteiger charge is 2.52.